The predicted octanol–water partition coefficient (Wildman–Crippen LogP) is 5.08. The monoisotopic (exact) mass is 511 g/mol. The van der Waals surface area contributed by atoms with Crippen molar-refractivity contribution in [1.29, 1.82) is 5.26 Å². The van der Waals surface area contributed by atoms with Gasteiger partial charge in [-0.3, -0.25) is 9.59 Å². The highest BCUT2D eigenvalue weighted by atomic mass is 19.1. The smallest absolute Gasteiger partial charge is 0.259 e. The summed E-state index contributed by atoms with van der Waals surface area (Å²) in [5.74, 6) is 0.224. The molecule has 0 spiro atoms. The van der Waals surface area contributed by atoms with E-state index in [9.17, 15) is 9.59 Å². The Hall–Kier alpha value is -4.25. The van der Waals surface area contributed by atoms with Gasteiger partial charge >= 0.3 is 0 Å². The molecule has 38 heavy (non-hydrogen) atoms. The number of likely N-dealkylation sites (tertiary alicyclic amines) is 1. The third-order valence-electron chi connectivity index (χ3n) is 7.55. The van der Waals surface area contributed by atoms with Crippen molar-refractivity contribution in [2.75, 3.05) is 36.4 Å². The molecule has 2 aromatic carbocycles. The van der Waals surface area contributed by atoms with Crippen LogP contribution in [-0.2, 0) is 12.1 Å². The van der Waals surface area contributed by atoms with Gasteiger partial charge in [0.05, 0.1) is 17.2 Å². The van der Waals surface area contributed by atoms with E-state index in [0.29, 0.717) is 40.2 Å². The lowest BCUT2D eigenvalue weighted by Gasteiger charge is -2.37. The molecule has 1 aromatic heterocycles. The minimum atomic E-state index is -1.53. The highest BCUT2D eigenvalue weighted by molar-refractivity contribution is 6.08. The first-order valence-electron chi connectivity index (χ1n) is 13.0. The molecule has 2 fully saturated rings. The molecule has 2 saturated heterocycles. The molecule has 1 N–H and O–H groups in total. The number of carbonyl (C=O) groups excluding carboxylic acids is 2. The van der Waals surface area contributed by atoms with Crippen LogP contribution in [0.5, 0.6) is 0 Å². The first-order chi connectivity index (χ1) is 18.4. The first-order valence-corrected chi connectivity index (χ1v) is 13.0. The molecule has 0 radical (unpaired) electrons. The fourth-order valence-electron chi connectivity index (χ4n) is 5.06. The predicted molar refractivity (Wildman–Crippen MR) is 144 cm³/mol. The van der Waals surface area contributed by atoms with Gasteiger partial charge in [-0.25, -0.2) is 9.37 Å². The topological polar surface area (TPSA) is 89.3 Å². The first kappa shape index (κ1) is 25.4. The third-order valence-corrected chi connectivity index (χ3v) is 7.55. The van der Waals surface area contributed by atoms with Gasteiger partial charge < -0.3 is 15.1 Å². The Morgan fingerprint density at radius 3 is 2.45 bits per heavy atom. The maximum absolute atomic E-state index is 15.7. The molecule has 5 rings (SSSR count). The van der Waals surface area contributed by atoms with E-state index < -0.39 is 5.67 Å². The molecule has 3 heterocycles. The number of anilines is 2. The van der Waals surface area contributed by atoms with E-state index in [0.717, 1.165) is 25.1 Å². The lowest BCUT2D eigenvalue weighted by molar-refractivity contribution is 0.0421. The Bertz CT molecular complexity index is 1390. The van der Waals surface area contributed by atoms with Crippen LogP contribution in [0.2, 0.25) is 0 Å². The zero-order chi connectivity index (χ0) is 26.7. The number of aromatic nitrogens is 1. The van der Waals surface area contributed by atoms with Crippen LogP contribution in [0.3, 0.4) is 0 Å². The number of hydrogen-bond donors (Lipinski definition) is 1. The lowest BCUT2D eigenvalue weighted by atomic mass is 9.85. The average Bonchev–Trinajstić information content (AvgIpc) is 2.92. The van der Waals surface area contributed by atoms with E-state index in [1.807, 2.05) is 19.1 Å². The van der Waals surface area contributed by atoms with E-state index in [4.69, 9.17) is 5.26 Å². The number of aryl methyl sites for hydroxylation is 1. The second-order valence-corrected chi connectivity index (χ2v) is 9.84. The third kappa shape index (κ3) is 4.97. The van der Waals surface area contributed by atoms with Crippen LogP contribution >= 0.6 is 0 Å². The summed E-state index contributed by atoms with van der Waals surface area (Å²) in [5, 5.41) is 12.0. The molecule has 0 atom stereocenters. The average molecular weight is 512 g/mol. The number of piperidine rings is 1. The number of halogens is 1. The Morgan fingerprint density at radius 1 is 1.08 bits per heavy atom. The second-order valence-electron chi connectivity index (χ2n) is 9.84. The van der Waals surface area contributed by atoms with Gasteiger partial charge in [-0.1, -0.05) is 25.1 Å². The summed E-state index contributed by atoms with van der Waals surface area (Å²) < 4.78 is 15.7. The summed E-state index contributed by atoms with van der Waals surface area (Å²) in [6.07, 6.45) is 3.82. The van der Waals surface area contributed by atoms with Gasteiger partial charge in [0.2, 0.25) is 0 Å². The number of rotatable bonds is 6. The zero-order valence-electron chi connectivity index (χ0n) is 21.4. The summed E-state index contributed by atoms with van der Waals surface area (Å²) in [7, 11) is 0. The molecule has 0 unspecified atom stereocenters. The lowest BCUT2D eigenvalue weighted by Crippen LogP contribution is -2.43. The molecule has 0 bridgehead atoms. The molecule has 0 saturated carbocycles. The summed E-state index contributed by atoms with van der Waals surface area (Å²) >= 11 is 0. The number of carbonyl (C=O) groups is 2. The summed E-state index contributed by atoms with van der Waals surface area (Å²) in [4.78, 5) is 34.8. The van der Waals surface area contributed by atoms with E-state index in [-0.39, 0.29) is 37.7 Å². The van der Waals surface area contributed by atoms with Crippen molar-refractivity contribution in [1.82, 2.24) is 9.88 Å². The maximum Gasteiger partial charge on any atom is 0.259 e. The minimum Gasteiger partial charge on any atom is -0.356 e. The van der Waals surface area contributed by atoms with E-state index in [2.05, 4.69) is 15.2 Å². The highest BCUT2D eigenvalue weighted by Crippen LogP contribution is 2.37. The standard InChI is InChI=1S/C30H30FN5O2/c1-2-22-8-9-23(19-26(22)34-28(37)25-5-3-14-33-27(25)35-15-4-16-35)29(38)36-17-12-30(31,13-18-36)24-10-6-21(20-32)7-11-24/h3,5-11,14,19H,2,4,12-13,15-18H2,1H3,(H,34,37). The summed E-state index contributed by atoms with van der Waals surface area (Å²) in [5.41, 5.74) is 1.97. The summed E-state index contributed by atoms with van der Waals surface area (Å²) in [6.45, 7) is 4.31. The van der Waals surface area contributed by atoms with Crippen LogP contribution in [0.1, 0.15) is 63.6 Å². The van der Waals surface area contributed by atoms with Gasteiger partial charge in [-0.2, -0.15) is 5.26 Å². The molecule has 2 aliphatic rings. The normalized spacial score (nSPS) is 16.3. The van der Waals surface area contributed by atoms with Crippen LogP contribution in [0.15, 0.2) is 60.8 Å². The van der Waals surface area contributed by atoms with Crippen molar-refractivity contribution in [3.63, 3.8) is 0 Å². The molecule has 8 heteroatoms. The van der Waals surface area contributed by atoms with Gasteiger partial charge in [0.15, 0.2) is 0 Å². The number of pyridine rings is 1. The molecule has 194 valence electrons. The fraction of sp³-hybridized carbons (Fsp3) is 0.333. The van der Waals surface area contributed by atoms with E-state index >= 15 is 4.39 Å². The van der Waals surface area contributed by atoms with E-state index in [1.165, 1.54) is 0 Å². The SMILES string of the molecule is CCc1ccc(C(=O)N2CCC(F)(c3ccc(C#N)cc3)CC2)cc1NC(=O)c1cccnc1N1CCC1. The Balaban J connectivity index is 1.30. The zero-order valence-corrected chi connectivity index (χ0v) is 21.4. The largest absolute Gasteiger partial charge is 0.356 e. The number of alkyl halides is 1. The minimum absolute atomic E-state index is 0.182. The number of amides is 2. The van der Waals surface area contributed by atoms with Gasteiger partial charge in [0.25, 0.3) is 11.8 Å². The molecule has 3 aromatic rings. The van der Waals surface area contributed by atoms with Crippen molar-refractivity contribution in [3.05, 3.63) is 88.6 Å². The van der Waals surface area contributed by atoms with Crippen molar-refractivity contribution in [3.8, 4) is 6.07 Å². The van der Waals surface area contributed by atoms with Crippen LogP contribution in [-0.4, -0.2) is 47.9 Å². The highest BCUT2D eigenvalue weighted by Gasteiger charge is 2.37. The molecule has 7 nitrogen and oxygen atoms in total. The number of benzene rings is 2. The molecule has 0 aliphatic carbocycles. The van der Waals surface area contributed by atoms with Crippen LogP contribution in [0.25, 0.3) is 0 Å². The number of nitriles is 1. The van der Waals surface area contributed by atoms with Gasteiger partial charge in [-0.05, 0) is 60.4 Å². The molecule has 2 amide bonds. The van der Waals surface area contributed by atoms with Crippen LogP contribution in [0.4, 0.5) is 15.9 Å². The van der Waals surface area contributed by atoms with E-state index in [1.54, 1.807) is 59.6 Å². The Morgan fingerprint density at radius 2 is 1.82 bits per heavy atom. The van der Waals surface area contributed by atoms with Gasteiger partial charge in [0, 0.05) is 56.5 Å². The van der Waals surface area contributed by atoms with Crippen molar-refractivity contribution >= 4 is 23.3 Å². The van der Waals surface area contributed by atoms with Gasteiger partial charge in [-0.15, -0.1) is 0 Å². The Kier molecular flexibility index (Phi) is 7.10. The second kappa shape index (κ2) is 10.6. The van der Waals surface area contributed by atoms with Crippen molar-refractivity contribution < 1.29 is 14.0 Å². The van der Waals surface area contributed by atoms with Crippen molar-refractivity contribution in [2.45, 2.75) is 38.3 Å². The van der Waals surface area contributed by atoms with Crippen LogP contribution in [0, 0.1) is 11.3 Å². The molecular formula is C30H30FN5O2. The quantitative estimate of drug-likeness (QED) is 0.499. The number of nitrogens with one attached hydrogen (secondary N) is 1. The maximum atomic E-state index is 15.7. The number of hydrogen-bond acceptors (Lipinski definition) is 5. The molecule has 2 aliphatic heterocycles. The summed E-state index contributed by atoms with van der Waals surface area (Å²) in [6, 6.07) is 17.5. The number of nitrogens with zero attached hydrogens (tertiary/aromatic N) is 4. The fourth-order valence-corrected chi connectivity index (χ4v) is 5.06. The van der Waals surface area contributed by atoms with Crippen molar-refractivity contribution in [2.24, 2.45) is 0 Å². The molecular weight excluding hydrogens is 481 g/mol. The van der Waals surface area contributed by atoms with Gasteiger partial charge in [0.1, 0.15) is 11.5 Å². The van der Waals surface area contributed by atoms with Crippen LogP contribution < -0.4 is 10.2 Å². The Labute approximate surface area is 221 Å².